The fourth-order valence-electron chi connectivity index (χ4n) is 4.63. The van der Waals surface area contributed by atoms with E-state index in [1.165, 1.54) is 31.9 Å². The number of H-pyrrole nitrogens is 1. The molecule has 0 saturated carbocycles. The summed E-state index contributed by atoms with van der Waals surface area (Å²) in [5.74, 6) is -0.684. The van der Waals surface area contributed by atoms with E-state index in [2.05, 4.69) is 20.0 Å². The summed E-state index contributed by atoms with van der Waals surface area (Å²) in [6.45, 7) is 2.19. The Bertz CT molecular complexity index is 1700. The van der Waals surface area contributed by atoms with Crippen LogP contribution in [0.15, 0.2) is 53.6 Å². The van der Waals surface area contributed by atoms with Crippen molar-refractivity contribution in [1.82, 2.24) is 24.6 Å². The van der Waals surface area contributed by atoms with E-state index in [0.29, 0.717) is 5.39 Å². The number of nitrogens with two attached hydrogens (primary N) is 1. The highest BCUT2D eigenvalue weighted by molar-refractivity contribution is 7.52. The number of rotatable bonds is 9. The molecular weight excluding hydrogens is 559 g/mol. The number of benzene rings is 2. The molecule has 0 amide bonds. The Kier molecular flexibility index (Phi) is 7.59. The highest BCUT2D eigenvalue weighted by Crippen LogP contribution is 2.48. The van der Waals surface area contributed by atoms with Crippen molar-refractivity contribution in [3.8, 4) is 5.75 Å². The summed E-state index contributed by atoms with van der Waals surface area (Å²) in [5, 5.41) is 26.2. The van der Waals surface area contributed by atoms with Gasteiger partial charge in [-0.25, -0.2) is 9.55 Å². The zero-order valence-electron chi connectivity index (χ0n) is 22.3. The van der Waals surface area contributed by atoms with Gasteiger partial charge in [-0.1, -0.05) is 36.4 Å². The Morgan fingerprint density at radius 2 is 2.05 bits per heavy atom. The molecule has 2 aromatic heterocycles. The van der Waals surface area contributed by atoms with Crippen LogP contribution in [0.5, 0.6) is 5.75 Å². The summed E-state index contributed by atoms with van der Waals surface area (Å²) < 4.78 is 37.4. The van der Waals surface area contributed by atoms with Gasteiger partial charge in [0.2, 0.25) is 5.95 Å². The molecule has 1 saturated heterocycles. The molecule has 1 aliphatic rings. The van der Waals surface area contributed by atoms with Crippen LogP contribution in [0.2, 0.25) is 0 Å². The van der Waals surface area contributed by atoms with Gasteiger partial charge in [0.1, 0.15) is 29.6 Å². The number of aliphatic hydroxyl groups excluding tert-OH is 1. The van der Waals surface area contributed by atoms with Gasteiger partial charge in [0.05, 0.1) is 20.0 Å². The van der Waals surface area contributed by atoms with Gasteiger partial charge in [-0.3, -0.25) is 23.7 Å². The summed E-state index contributed by atoms with van der Waals surface area (Å²) in [7, 11) is -3.16. The number of nitrogens with zero attached hydrogens (tertiary/aromatic N) is 3. The summed E-state index contributed by atoms with van der Waals surface area (Å²) in [6, 6.07) is 11.3. The Labute approximate surface area is 232 Å². The number of ether oxygens (including phenoxy) is 2. The molecule has 218 valence electrons. The molecular formula is C25H29N6O9P. The lowest BCUT2D eigenvalue weighted by atomic mass is 9.96. The van der Waals surface area contributed by atoms with Gasteiger partial charge in [-0.2, -0.15) is 10.1 Å². The van der Waals surface area contributed by atoms with E-state index in [0.717, 1.165) is 5.39 Å². The summed E-state index contributed by atoms with van der Waals surface area (Å²) in [6.07, 6.45) is -2.87. The highest BCUT2D eigenvalue weighted by atomic mass is 31.2. The van der Waals surface area contributed by atoms with Crippen molar-refractivity contribution in [1.29, 1.82) is 0 Å². The van der Waals surface area contributed by atoms with E-state index < -0.39 is 56.0 Å². The molecule has 15 nitrogen and oxygen atoms in total. The number of anilines is 1. The Hall–Kier alpha value is -3.85. The smallest absolute Gasteiger partial charge is 0.459 e. The number of nitrogens with one attached hydrogen (secondary N) is 2. The third-order valence-electron chi connectivity index (χ3n) is 6.74. The third kappa shape index (κ3) is 5.43. The van der Waals surface area contributed by atoms with Crippen LogP contribution in [-0.4, -0.2) is 73.3 Å². The van der Waals surface area contributed by atoms with Gasteiger partial charge in [0, 0.05) is 5.39 Å². The van der Waals surface area contributed by atoms with Crippen LogP contribution in [0.25, 0.3) is 21.9 Å². The molecule has 6 N–H and O–H groups in total. The maximum Gasteiger partial charge on any atom is 0.459 e. The number of carbonyl (C=O) groups is 1. The summed E-state index contributed by atoms with van der Waals surface area (Å²) in [4.78, 5) is 34.7. The largest absolute Gasteiger partial charge is 0.468 e. The van der Waals surface area contributed by atoms with Crippen LogP contribution in [0.1, 0.15) is 20.1 Å². The van der Waals surface area contributed by atoms with E-state index in [-0.39, 0.29) is 22.9 Å². The monoisotopic (exact) mass is 588 g/mol. The minimum absolute atomic E-state index is 0.0174. The number of hydrogen-bond donors (Lipinski definition) is 5. The summed E-state index contributed by atoms with van der Waals surface area (Å²) in [5.41, 5.74) is 3.10. The number of imidazole rings is 1. The highest BCUT2D eigenvalue weighted by Gasteiger charge is 2.54. The van der Waals surface area contributed by atoms with E-state index >= 15 is 0 Å². The Balaban J connectivity index is 1.42. The average molecular weight is 589 g/mol. The second-order valence-corrected chi connectivity index (χ2v) is 11.4. The SMILES string of the molecule is COC(=O)[C@H](C)NP(=O)(OC[C@H]1O[C@@H](n2cnc3c(=O)[nH]c(N)nc32)[C@](C)(O)[C@@H]1O)Oc1cccc2ccccc12. The molecule has 0 aliphatic carbocycles. The maximum atomic E-state index is 14.0. The Morgan fingerprint density at radius 3 is 2.80 bits per heavy atom. The molecule has 0 radical (unpaired) electrons. The molecule has 4 aromatic rings. The normalized spacial score (nSPS) is 24.8. The predicted octanol–water partition coefficient (Wildman–Crippen LogP) is 1.22. The van der Waals surface area contributed by atoms with E-state index in [4.69, 9.17) is 24.3 Å². The number of carbonyl (C=O) groups excluding carboxylic acids is 1. The fourth-order valence-corrected chi connectivity index (χ4v) is 6.15. The number of aromatic nitrogens is 4. The maximum absolute atomic E-state index is 14.0. The molecule has 41 heavy (non-hydrogen) atoms. The van der Waals surface area contributed by atoms with Crippen LogP contribution in [0, 0.1) is 0 Å². The number of nitrogen functional groups attached to an aromatic ring is 1. The first kappa shape index (κ1) is 28.7. The van der Waals surface area contributed by atoms with Gasteiger partial charge in [0.25, 0.3) is 5.56 Å². The third-order valence-corrected chi connectivity index (χ3v) is 8.37. The van der Waals surface area contributed by atoms with Gasteiger partial charge in [-0.15, -0.1) is 0 Å². The first-order valence-electron chi connectivity index (χ1n) is 12.5. The lowest BCUT2D eigenvalue weighted by molar-refractivity contribution is -0.142. The number of methoxy groups -OCH3 is 1. The minimum Gasteiger partial charge on any atom is -0.468 e. The van der Waals surface area contributed by atoms with Crippen molar-refractivity contribution in [3.63, 3.8) is 0 Å². The van der Waals surface area contributed by atoms with Crippen molar-refractivity contribution in [2.45, 2.75) is 43.9 Å². The molecule has 1 fully saturated rings. The number of aromatic amines is 1. The van der Waals surface area contributed by atoms with Gasteiger partial charge in [0.15, 0.2) is 17.4 Å². The molecule has 16 heteroatoms. The fraction of sp³-hybridized carbons (Fsp3) is 0.360. The quantitative estimate of drug-likeness (QED) is 0.138. The van der Waals surface area contributed by atoms with Crippen molar-refractivity contribution >= 4 is 41.6 Å². The van der Waals surface area contributed by atoms with Crippen molar-refractivity contribution in [3.05, 3.63) is 59.1 Å². The molecule has 3 heterocycles. The molecule has 6 atom stereocenters. The molecule has 0 bridgehead atoms. The second-order valence-electron chi connectivity index (χ2n) is 9.71. The molecule has 1 unspecified atom stereocenters. The van der Waals surface area contributed by atoms with E-state index in [9.17, 15) is 24.4 Å². The Morgan fingerprint density at radius 1 is 1.32 bits per heavy atom. The topological polar surface area (TPSA) is 213 Å². The molecule has 2 aromatic carbocycles. The first-order chi connectivity index (χ1) is 19.4. The number of hydrogen-bond acceptors (Lipinski definition) is 12. The predicted molar refractivity (Wildman–Crippen MR) is 146 cm³/mol. The van der Waals surface area contributed by atoms with Crippen LogP contribution < -0.4 is 20.9 Å². The van der Waals surface area contributed by atoms with E-state index in [1.807, 2.05) is 18.2 Å². The zero-order valence-corrected chi connectivity index (χ0v) is 23.1. The molecule has 0 spiro atoms. The number of fused-ring (bicyclic) bond motifs is 2. The van der Waals surface area contributed by atoms with Crippen molar-refractivity contribution in [2.24, 2.45) is 0 Å². The lowest BCUT2D eigenvalue weighted by Gasteiger charge is -2.27. The number of aliphatic hydroxyl groups is 2. The van der Waals surface area contributed by atoms with Crippen LogP contribution in [-0.2, 0) is 23.4 Å². The minimum atomic E-state index is -4.34. The van der Waals surface area contributed by atoms with Crippen LogP contribution in [0.3, 0.4) is 0 Å². The van der Waals surface area contributed by atoms with Gasteiger partial charge >= 0.3 is 13.7 Å². The van der Waals surface area contributed by atoms with Crippen molar-refractivity contribution in [2.75, 3.05) is 19.5 Å². The van der Waals surface area contributed by atoms with Gasteiger partial charge in [-0.05, 0) is 25.3 Å². The molecule has 1 aliphatic heterocycles. The lowest BCUT2D eigenvalue weighted by Crippen LogP contribution is -2.44. The average Bonchev–Trinajstić information content (AvgIpc) is 3.45. The standard InChI is InChI=1S/C25H29N6O9P/c1-13(22(34)37-3)30-41(36,40-16-10-6-8-14-7-4-5-9-15(14)16)38-11-17-19(32)25(2,35)23(39-17)31-12-27-18-20(31)28-24(26)29-21(18)33/h4-10,12-13,17,19,23,32,35H,11H2,1-3H3,(H,30,36)(H3,26,28,29,33)/t13-,17+,19+,23+,25+,41?/m0/s1. The van der Waals surface area contributed by atoms with Crippen molar-refractivity contribution < 1.29 is 38.1 Å². The van der Waals surface area contributed by atoms with Gasteiger partial charge < -0.3 is 29.9 Å². The summed E-state index contributed by atoms with van der Waals surface area (Å²) >= 11 is 0. The number of esters is 1. The first-order valence-corrected chi connectivity index (χ1v) is 14.0. The van der Waals surface area contributed by atoms with Crippen LogP contribution >= 0.6 is 7.75 Å². The molecule has 5 rings (SSSR count). The second kappa shape index (κ2) is 10.9. The zero-order chi connectivity index (χ0) is 29.5. The van der Waals surface area contributed by atoms with Crippen LogP contribution in [0.4, 0.5) is 5.95 Å². The van der Waals surface area contributed by atoms with E-state index in [1.54, 1.807) is 24.3 Å².